The van der Waals surface area contributed by atoms with Crippen LogP contribution in [0, 0.1) is 0 Å². The minimum absolute atomic E-state index is 0.0600. The summed E-state index contributed by atoms with van der Waals surface area (Å²) in [6.45, 7) is 5.65. The number of nitrogens with two attached hydrogens (primary N) is 1. The summed E-state index contributed by atoms with van der Waals surface area (Å²) in [5.74, 6) is 0.576. The van der Waals surface area contributed by atoms with Crippen LogP contribution in [0.2, 0.25) is 0 Å². The molecule has 0 aromatic heterocycles. The second kappa shape index (κ2) is 8.30. The Morgan fingerprint density at radius 1 is 1.32 bits per heavy atom. The highest BCUT2D eigenvalue weighted by Crippen LogP contribution is 2.18. The third-order valence-corrected chi connectivity index (χ3v) is 4.27. The van der Waals surface area contributed by atoms with Crippen LogP contribution in [0.25, 0.3) is 0 Å². The lowest BCUT2D eigenvalue weighted by molar-refractivity contribution is -0.121. The second-order valence-corrected chi connectivity index (χ2v) is 6.41. The predicted molar refractivity (Wildman–Crippen MR) is 88.7 cm³/mol. The Kier molecular flexibility index (Phi) is 6.40. The van der Waals surface area contributed by atoms with Crippen LogP contribution in [0.1, 0.15) is 62.6 Å². The molecule has 1 aromatic carbocycles. The van der Waals surface area contributed by atoms with Gasteiger partial charge in [0.1, 0.15) is 0 Å². The number of carbonyl (C=O) groups excluding carboxylic acids is 1. The Balaban J connectivity index is 1.71. The first-order valence-electron chi connectivity index (χ1n) is 8.30. The van der Waals surface area contributed by atoms with Gasteiger partial charge in [-0.1, -0.05) is 38.1 Å². The lowest BCUT2D eigenvalue weighted by Crippen LogP contribution is -2.32. The van der Waals surface area contributed by atoms with Crippen molar-refractivity contribution < 1.29 is 9.53 Å². The summed E-state index contributed by atoms with van der Waals surface area (Å²) in [4.78, 5) is 11.9. The molecule has 122 valence electrons. The highest BCUT2D eigenvalue weighted by atomic mass is 16.5. The van der Waals surface area contributed by atoms with E-state index in [0.717, 1.165) is 31.4 Å². The van der Waals surface area contributed by atoms with E-state index in [1.165, 1.54) is 5.56 Å². The van der Waals surface area contributed by atoms with Crippen molar-refractivity contribution >= 4 is 5.91 Å². The van der Waals surface area contributed by atoms with Crippen LogP contribution in [0.4, 0.5) is 0 Å². The molecule has 0 bridgehead atoms. The number of benzene rings is 1. The zero-order valence-electron chi connectivity index (χ0n) is 13.7. The third-order valence-electron chi connectivity index (χ3n) is 4.27. The fourth-order valence-electron chi connectivity index (χ4n) is 2.72. The fourth-order valence-corrected chi connectivity index (χ4v) is 2.72. The molecule has 1 amide bonds. The molecule has 2 unspecified atom stereocenters. The molecule has 1 fully saturated rings. The van der Waals surface area contributed by atoms with E-state index in [-0.39, 0.29) is 18.1 Å². The number of carbonyl (C=O) groups is 1. The van der Waals surface area contributed by atoms with Gasteiger partial charge < -0.3 is 15.8 Å². The summed E-state index contributed by atoms with van der Waals surface area (Å²) in [5, 5.41) is 2.92. The Morgan fingerprint density at radius 3 is 2.59 bits per heavy atom. The average Bonchev–Trinajstić information content (AvgIpc) is 3.04. The number of rotatable bonds is 7. The van der Waals surface area contributed by atoms with Gasteiger partial charge in [0.2, 0.25) is 5.91 Å². The summed E-state index contributed by atoms with van der Waals surface area (Å²) in [5.41, 5.74) is 8.51. The monoisotopic (exact) mass is 304 g/mol. The Hall–Kier alpha value is -1.39. The largest absolute Gasteiger partial charge is 0.378 e. The topological polar surface area (TPSA) is 64.3 Å². The molecule has 1 aromatic rings. The maximum absolute atomic E-state index is 11.9. The smallest absolute Gasteiger partial charge is 0.220 e. The van der Waals surface area contributed by atoms with Gasteiger partial charge >= 0.3 is 0 Å². The number of ether oxygens (including phenoxy) is 1. The molecule has 4 heteroatoms. The molecule has 3 N–H and O–H groups in total. The molecule has 1 aliphatic rings. The quantitative estimate of drug-likeness (QED) is 0.814. The van der Waals surface area contributed by atoms with Crippen molar-refractivity contribution in [2.24, 2.45) is 5.73 Å². The van der Waals surface area contributed by atoms with E-state index < -0.39 is 0 Å². The van der Waals surface area contributed by atoms with Gasteiger partial charge in [-0.05, 0) is 36.3 Å². The molecular weight excluding hydrogens is 276 g/mol. The Morgan fingerprint density at radius 2 is 2.00 bits per heavy atom. The van der Waals surface area contributed by atoms with E-state index in [0.29, 0.717) is 18.9 Å². The zero-order valence-corrected chi connectivity index (χ0v) is 13.7. The van der Waals surface area contributed by atoms with Crippen LogP contribution >= 0.6 is 0 Å². The first kappa shape index (κ1) is 17.0. The summed E-state index contributed by atoms with van der Waals surface area (Å²) >= 11 is 0. The Bertz CT molecular complexity index is 464. The van der Waals surface area contributed by atoms with E-state index in [1.807, 2.05) is 0 Å². The van der Waals surface area contributed by atoms with Crippen LogP contribution in [0.5, 0.6) is 0 Å². The summed E-state index contributed by atoms with van der Waals surface area (Å²) in [7, 11) is 0. The van der Waals surface area contributed by atoms with Crippen molar-refractivity contribution in [3.05, 3.63) is 35.4 Å². The average molecular weight is 304 g/mol. The molecule has 1 heterocycles. The van der Waals surface area contributed by atoms with Crippen molar-refractivity contribution in [2.45, 2.75) is 57.6 Å². The zero-order chi connectivity index (χ0) is 15.9. The van der Waals surface area contributed by atoms with Crippen LogP contribution in [0.3, 0.4) is 0 Å². The molecule has 4 nitrogen and oxygen atoms in total. The Labute approximate surface area is 133 Å². The number of amides is 1. The van der Waals surface area contributed by atoms with Crippen molar-refractivity contribution in [3.63, 3.8) is 0 Å². The lowest BCUT2D eigenvalue weighted by Gasteiger charge is -2.15. The molecule has 2 atom stereocenters. The first-order chi connectivity index (χ1) is 10.6. The number of nitrogens with one attached hydrogen (secondary N) is 1. The highest BCUT2D eigenvalue weighted by Gasteiger charge is 2.17. The molecular formula is C18H28N2O2. The normalized spacial score (nSPS) is 19.4. The molecule has 0 aliphatic carbocycles. The van der Waals surface area contributed by atoms with E-state index in [2.05, 4.69) is 43.4 Å². The molecule has 0 saturated carbocycles. The third kappa shape index (κ3) is 5.11. The van der Waals surface area contributed by atoms with Gasteiger partial charge in [-0.3, -0.25) is 4.79 Å². The van der Waals surface area contributed by atoms with E-state index in [4.69, 9.17) is 10.5 Å². The van der Waals surface area contributed by atoms with Crippen molar-refractivity contribution in [3.8, 4) is 0 Å². The van der Waals surface area contributed by atoms with Crippen molar-refractivity contribution in [1.29, 1.82) is 0 Å². The summed E-state index contributed by atoms with van der Waals surface area (Å²) < 4.78 is 5.52. The minimum Gasteiger partial charge on any atom is -0.378 e. The molecule has 2 rings (SSSR count). The van der Waals surface area contributed by atoms with Crippen LogP contribution in [0.15, 0.2) is 24.3 Å². The van der Waals surface area contributed by atoms with Crippen LogP contribution in [-0.2, 0) is 9.53 Å². The van der Waals surface area contributed by atoms with Crippen molar-refractivity contribution in [2.75, 3.05) is 13.2 Å². The number of hydrogen-bond acceptors (Lipinski definition) is 3. The maximum Gasteiger partial charge on any atom is 0.220 e. The minimum atomic E-state index is -0.159. The van der Waals surface area contributed by atoms with Gasteiger partial charge in [-0.2, -0.15) is 0 Å². The molecule has 22 heavy (non-hydrogen) atoms. The van der Waals surface area contributed by atoms with Gasteiger partial charge in [-0.25, -0.2) is 0 Å². The predicted octanol–water partition coefficient (Wildman–Crippen LogP) is 2.89. The maximum atomic E-state index is 11.9. The second-order valence-electron chi connectivity index (χ2n) is 6.41. The van der Waals surface area contributed by atoms with Gasteiger partial charge in [0.25, 0.3) is 0 Å². The first-order valence-corrected chi connectivity index (χ1v) is 8.30. The van der Waals surface area contributed by atoms with Gasteiger partial charge in [-0.15, -0.1) is 0 Å². The fraction of sp³-hybridized carbons (Fsp3) is 0.611. The molecule has 0 radical (unpaired) electrons. The molecule has 1 aliphatic heterocycles. The SMILES string of the molecule is CC(C)c1ccc(C(N)CNC(=O)CCC2CCCO2)cc1. The molecule has 1 saturated heterocycles. The number of hydrogen-bond donors (Lipinski definition) is 2. The van der Waals surface area contributed by atoms with Crippen LogP contribution < -0.4 is 11.1 Å². The summed E-state index contributed by atoms with van der Waals surface area (Å²) in [6, 6.07) is 8.17. The van der Waals surface area contributed by atoms with Crippen molar-refractivity contribution in [1.82, 2.24) is 5.32 Å². The molecule has 0 spiro atoms. The van der Waals surface area contributed by atoms with E-state index in [1.54, 1.807) is 0 Å². The van der Waals surface area contributed by atoms with Gasteiger partial charge in [0, 0.05) is 25.6 Å². The van der Waals surface area contributed by atoms with Gasteiger partial charge in [0.15, 0.2) is 0 Å². The highest BCUT2D eigenvalue weighted by molar-refractivity contribution is 5.75. The van der Waals surface area contributed by atoms with Crippen LogP contribution in [-0.4, -0.2) is 25.2 Å². The standard InChI is InChI=1S/C18H28N2O2/c1-13(2)14-5-7-15(8-6-14)17(19)12-20-18(21)10-9-16-4-3-11-22-16/h5-8,13,16-17H,3-4,9-12,19H2,1-2H3,(H,20,21). The van der Waals surface area contributed by atoms with E-state index in [9.17, 15) is 4.79 Å². The lowest BCUT2D eigenvalue weighted by atomic mass is 9.99. The summed E-state index contributed by atoms with van der Waals surface area (Å²) in [6.07, 6.45) is 3.79. The van der Waals surface area contributed by atoms with E-state index >= 15 is 0 Å². The van der Waals surface area contributed by atoms with Gasteiger partial charge in [0.05, 0.1) is 6.10 Å².